The zero-order valence-corrected chi connectivity index (χ0v) is 10.0. The van der Waals surface area contributed by atoms with Crippen molar-refractivity contribution in [1.29, 1.82) is 0 Å². The number of aryl methyl sites for hydroxylation is 1. The van der Waals surface area contributed by atoms with E-state index in [1.807, 2.05) is 0 Å². The first kappa shape index (κ1) is 12.2. The largest absolute Gasteiger partial charge is 0.432 e. The lowest BCUT2D eigenvalue weighted by Crippen LogP contribution is -1.76. The van der Waals surface area contributed by atoms with Gasteiger partial charge in [0.05, 0.1) is 0 Å². The molecule has 2 rings (SSSR count). The molecule has 0 bridgehead atoms. The standard InChI is InChI=1S/C11H9Br.BH3O2/c1-8-6-9-4-2-3-5-10(9)11(12)7-8;2-1-3/h2-7H,1H3;1-3H. The normalized spacial score (nSPS) is 9.33. The Morgan fingerprint density at radius 2 is 1.73 bits per heavy atom. The molecule has 4 heteroatoms. The van der Waals surface area contributed by atoms with Crippen molar-refractivity contribution in [2.24, 2.45) is 0 Å². The zero-order chi connectivity index (χ0) is 11.3. The van der Waals surface area contributed by atoms with Crippen molar-refractivity contribution in [2.45, 2.75) is 6.92 Å². The molecule has 2 aromatic carbocycles. The van der Waals surface area contributed by atoms with Crippen LogP contribution < -0.4 is 0 Å². The van der Waals surface area contributed by atoms with Gasteiger partial charge in [-0.25, -0.2) is 0 Å². The average molecular weight is 267 g/mol. The summed E-state index contributed by atoms with van der Waals surface area (Å²) in [4.78, 5) is 0. The second kappa shape index (κ2) is 5.90. The van der Waals surface area contributed by atoms with Gasteiger partial charge in [0, 0.05) is 4.47 Å². The lowest BCUT2D eigenvalue weighted by molar-refractivity contribution is 0.448. The van der Waals surface area contributed by atoms with Crippen LogP contribution in [-0.2, 0) is 0 Å². The van der Waals surface area contributed by atoms with Gasteiger partial charge in [0.2, 0.25) is 0 Å². The second-order valence-electron chi connectivity index (χ2n) is 3.11. The number of fused-ring (bicyclic) bond motifs is 1. The predicted octanol–water partition coefficient (Wildman–Crippen LogP) is 2.15. The fourth-order valence-corrected chi connectivity index (χ4v) is 2.13. The first-order chi connectivity index (χ1) is 7.19. The number of benzene rings is 2. The number of hydrogen-bond acceptors (Lipinski definition) is 2. The average Bonchev–Trinajstić information content (AvgIpc) is 2.18. The molecule has 15 heavy (non-hydrogen) atoms. The van der Waals surface area contributed by atoms with Gasteiger partial charge in [0.15, 0.2) is 0 Å². The molecule has 0 saturated carbocycles. The fourth-order valence-electron chi connectivity index (χ4n) is 1.40. The quantitative estimate of drug-likeness (QED) is 0.718. The van der Waals surface area contributed by atoms with E-state index in [9.17, 15) is 0 Å². The van der Waals surface area contributed by atoms with Gasteiger partial charge in [-0.2, -0.15) is 0 Å². The van der Waals surface area contributed by atoms with Crippen molar-refractivity contribution < 1.29 is 10.0 Å². The summed E-state index contributed by atoms with van der Waals surface area (Å²) in [5, 5.41) is 16.8. The van der Waals surface area contributed by atoms with E-state index in [0.717, 1.165) is 0 Å². The van der Waals surface area contributed by atoms with E-state index in [2.05, 4.69) is 59.3 Å². The maximum atomic E-state index is 7.12. The van der Waals surface area contributed by atoms with Gasteiger partial charge in [-0.3, -0.25) is 0 Å². The van der Waals surface area contributed by atoms with Crippen LogP contribution in [0.2, 0.25) is 0 Å². The van der Waals surface area contributed by atoms with Crippen molar-refractivity contribution in [3.05, 3.63) is 46.4 Å². The summed E-state index contributed by atoms with van der Waals surface area (Å²) in [7, 11) is -0.750. The molecule has 0 saturated heterocycles. The summed E-state index contributed by atoms with van der Waals surface area (Å²) >= 11 is 3.55. The van der Waals surface area contributed by atoms with E-state index in [0.29, 0.717) is 0 Å². The van der Waals surface area contributed by atoms with Crippen molar-refractivity contribution in [3.8, 4) is 0 Å². The first-order valence-electron chi connectivity index (χ1n) is 4.55. The van der Waals surface area contributed by atoms with Gasteiger partial charge in [0.1, 0.15) is 0 Å². The molecule has 2 nitrogen and oxygen atoms in total. The Morgan fingerprint density at radius 3 is 2.40 bits per heavy atom. The van der Waals surface area contributed by atoms with E-state index in [-0.39, 0.29) is 0 Å². The summed E-state index contributed by atoms with van der Waals surface area (Å²) in [6.45, 7) is 2.11. The zero-order valence-electron chi connectivity index (χ0n) is 8.44. The highest BCUT2D eigenvalue weighted by atomic mass is 79.9. The van der Waals surface area contributed by atoms with Crippen LogP contribution in [-0.4, -0.2) is 17.7 Å². The van der Waals surface area contributed by atoms with Crippen molar-refractivity contribution >= 4 is 34.4 Å². The van der Waals surface area contributed by atoms with Crippen LogP contribution in [0.25, 0.3) is 10.8 Å². The monoisotopic (exact) mass is 266 g/mol. The minimum Gasteiger partial charge on any atom is -0.430 e. The molecule has 0 aliphatic heterocycles. The summed E-state index contributed by atoms with van der Waals surface area (Å²) in [6, 6.07) is 12.7. The third kappa shape index (κ3) is 3.34. The smallest absolute Gasteiger partial charge is 0.430 e. The van der Waals surface area contributed by atoms with E-state index >= 15 is 0 Å². The summed E-state index contributed by atoms with van der Waals surface area (Å²) in [6.07, 6.45) is 0. The Bertz CT molecular complexity index is 446. The fraction of sp³-hybridized carbons (Fsp3) is 0.0909. The minimum atomic E-state index is -0.750. The van der Waals surface area contributed by atoms with Gasteiger partial charge in [-0.15, -0.1) is 0 Å². The Kier molecular flexibility index (Phi) is 4.82. The van der Waals surface area contributed by atoms with Crippen LogP contribution in [0.4, 0.5) is 0 Å². The van der Waals surface area contributed by atoms with Crippen LogP contribution >= 0.6 is 15.9 Å². The molecule has 0 heterocycles. The van der Waals surface area contributed by atoms with Gasteiger partial charge in [-0.1, -0.05) is 46.3 Å². The predicted molar refractivity (Wildman–Crippen MR) is 68.0 cm³/mol. The molecule has 0 amide bonds. The molecule has 0 unspecified atom stereocenters. The Hall–Kier alpha value is -0.835. The highest BCUT2D eigenvalue weighted by Gasteiger charge is 1.97. The van der Waals surface area contributed by atoms with Crippen LogP contribution in [0.3, 0.4) is 0 Å². The lowest BCUT2D eigenvalue weighted by atomic mass is 10.1. The third-order valence-electron chi connectivity index (χ3n) is 1.96. The van der Waals surface area contributed by atoms with Gasteiger partial charge < -0.3 is 10.0 Å². The molecular formula is C11H12BBrO2. The maximum Gasteiger partial charge on any atom is 0.432 e. The SMILES string of the molecule is Cc1cc(Br)c2ccccc2c1.OBO. The Labute approximate surface area is 98.0 Å². The van der Waals surface area contributed by atoms with Gasteiger partial charge in [0.25, 0.3) is 0 Å². The highest BCUT2D eigenvalue weighted by molar-refractivity contribution is 9.10. The molecule has 0 aromatic heterocycles. The van der Waals surface area contributed by atoms with E-state index in [4.69, 9.17) is 10.0 Å². The molecule has 0 aliphatic carbocycles. The van der Waals surface area contributed by atoms with Crippen LogP contribution in [0.15, 0.2) is 40.9 Å². The number of halogens is 1. The van der Waals surface area contributed by atoms with Crippen molar-refractivity contribution in [3.63, 3.8) is 0 Å². The molecule has 0 radical (unpaired) electrons. The van der Waals surface area contributed by atoms with Gasteiger partial charge in [-0.05, 0) is 29.3 Å². The Morgan fingerprint density at radius 1 is 1.13 bits per heavy atom. The molecule has 0 aliphatic rings. The van der Waals surface area contributed by atoms with Crippen LogP contribution in [0.1, 0.15) is 5.56 Å². The molecule has 78 valence electrons. The molecule has 2 N–H and O–H groups in total. The van der Waals surface area contributed by atoms with E-state index < -0.39 is 7.69 Å². The topological polar surface area (TPSA) is 40.5 Å². The second-order valence-corrected chi connectivity index (χ2v) is 3.96. The third-order valence-corrected chi connectivity index (χ3v) is 2.61. The maximum absolute atomic E-state index is 7.12. The summed E-state index contributed by atoms with van der Waals surface area (Å²) < 4.78 is 1.18. The van der Waals surface area contributed by atoms with Crippen molar-refractivity contribution in [2.75, 3.05) is 0 Å². The minimum absolute atomic E-state index is 0.750. The molecule has 0 spiro atoms. The molecular weight excluding hydrogens is 255 g/mol. The molecule has 0 atom stereocenters. The lowest BCUT2D eigenvalue weighted by Gasteiger charge is -2.01. The highest BCUT2D eigenvalue weighted by Crippen LogP contribution is 2.24. The van der Waals surface area contributed by atoms with E-state index in [1.165, 1.54) is 20.8 Å². The van der Waals surface area contributed by atoms with E-state index in [1.54, 1.807) is 0 Å². The summed E-state index contributed by atoms with van der Waals surface area (Å²) in [5.41, 5.74) is 1.29. The van der Waals surface area contributed by atoms with Crippen LogP contribution in [0, 0.1) is 6.92 Å². The van der Waals surface area contributed by atoms with Crippen LogP contribution in [0.5, 0.6) is 0 Å². The van der Waals surface area contributed by atoms with Gasteiger partial charge >= 0.3 is 7.69 Å². The molecule has 0 fully saturated rings. The number of hydrogen-bond donors (Lipinski definition) is 2. The molecule has 2 aromatic rings. The van der Waals surface area contributed by atoms with Crippen molar-refractivity contribution in [1.82, 2.24) is 0 Å². The summed E-state index contributed by atoms with van der Waals surface area (Å²) in [5.74, 6) is 0. The number of rotatable bonds is 0. The Balaban J connectivity index is 0.000000337. The first-order valence-corrected chi connectivity index (χ1v) is 5.35.